The third kappa shape index (κ3) is 4.37. The molecule has 1 aliphatic carbocycles. The van der Waals surface area contributed by atoms with Crippen LogP contribution in [-0.4, -0.2) is 59.9 Å². The van der Waals surface area contributed by atoms with E-state index in [9.17, 15) is 9.90 Å². The Bertz CT molecular complexity index is 1100. The van der Waals surface area contributed by atoms with E-state index in [1.54, 1.807) is 7.11 Å². The second-order valence-electron chi connectivity index (χ2n) is 11.4. The summed E-state index contributed by atoms with van der Waals surface area (Å²) in [6.07, 6.45) is 2.35. The van der Waals surface area contributed by atoms with E-state index in [2.05, 4.69) is 43.0 Å². The normalized spacial score (nSPS) is 26.5. The van der Waals surface area contributed by atoms with E-state index in [4.69, 9.17) is 9.47 Å². The zero-order valence-corrected chi connectivity index (χ0v) is 21.6. The Hall–Kier alpha value is -2.73. The van der Waals surface area contributed by atoms with Gasteiger partial charge in [-0.2, -0.15) is 0 Å². The maximum Gasteiger partial charge on any atom is 0.408 e. The van der Waals surface area contributed by atoms with Gasteiger partial charge in [0, 0.05) is 6.54 Å². The number of amides is 1. The molecule has 6 nitrogen and oxygen atoms in total. The molecule has 4 aliphatic rings. The van der Waals surface area contributed by atoms with Crippen molar-refractivity contribution in [1.29, 1.82) is 0 Å². The molecular weight excluding hydrogens is 440 g/mol. The predicted molar refractivity (Wildman–Crippen MR) is 137 cm³/mol. The van der Waals surface area contributed by atoms with Crippen LogP contribution in [0.1, 0.15) is 57.7 Å². The molecule has 2 aromatic rings. The summed E-state index contributed by atoms with van der Waals surface area (Å²) in [7, 11) is 1.66. The zero-order valence-electron chi connectivity index (χ0n) is 21.6. The van der Waals surface area contributed by atoms with Crippen molar-refractivity contribution in [2.24, 2.45) is 11.3 Å². The molecule has 0 saturated carbocycles. The van der Waals surface area contributed by atoms with Crippen molar-refractivity contribution in [3.05, 3.63) is 47.5 Å². The molecule has 3 heterocycles. The van der Waals surface area contributed by atoms with Crippen LogP contribution in [-0.2, 0) is 6.42 Å². The highest BCUT2D eigenvalue weighted by Crippen LogP contribution is 2.51. The fourth-order valence-electron chi connectivity index (χ4n) is 6.63. The lowest BCUT2D eigenvalue weighted by atomic mass is 9.79. The van der Waals surface area contributed by atoms with Crippen LogP contribution in [0.25, 0.3) is 11.1 Å². The summed E-state index contributed by atoms with van der Waals surface area (Å²) in [6, 6.07) is 12.5. The Balaban J connectivity index is 1.49. The van der Waals surface area contributed by atoms with Gasteiger partial charge in [0.2, 0.25) is 0 Å². The van der Waals surface area contributed by atoms with Gasteiger partial charge in [-0.1, -0.05) is 38.1 Å². The maximum atomic E-state index is 12.7. The summed E-state index contributed by atoms with van der Waals surface area (Å²) in [5.41, 5.74) is 4.41. The summed E-state index contributed by atoms with van der Waals surface area (Å²) < 4.78 is 11.5. The number of hydrogen-bond donors (Lipinski definition) is 1. The van der Waals surface area contributed by atoms with Crippen molar-refractivity contribution in [1.82, 2.24) is 9.80 Å². The third-order valence-corrected chi connectivity index (χ3v) is 8.16. The number of fused-ring (bicyclic) bond motifs is 4. The van der Waals surface area contributed by atoms with Crippen LogP contribution in [0.2, 0.25) is 0 Å². The molecule has 6 heteroatoms. The van der Waals surface area contributed by atoms with Gasteiger partial charge in [-0.15, -0.1) is 0 Å². The summed E-state index contributed by atoms with van der Waals surface area (Å²) >= 11 is 0. The molecule has 6 rings (SSSR count). The van der Waals surface area contributed by atoms with Gasteiger partial charge in [-0.05, 0) is 91.9 Å². The fraction of sp³-hybridized carbons (Fsp3) is 0.552. The van der Waals surface area contributed by atoms with Gasteiger partial charge in [0.05, 0.1) is 25.3 Å². The molecule has 188 valence electrons. The Kier molecular flexibility index (Phi) is 6.20. The number of rotatable bonds is 6. The van der Waals surface area contributed by atoms with Crippen LogP contribution in [0.4, 0.5) is 4.79 Å². The minimum Gasteiger partial charge on any atom is -0.493 e. The molecule has 3 saturated heterocycles. The summed E-state index contributed by atoms with van der Waals surface area (Å²) in [5, 5.41) is 10.4. The summed E-state index contributed by atoms with van der Waals surface area (Å²) in [6.45, 7) is 11.5. The highest BCUT2D eigenvalue weighted by atomic mass is 16.5. The first-order chi connectivity index (χ1) is 16.7. The number of ether oxygens (including phenoxy) is 2. The van der Waals surface area contributed by atoms with Crippen molar-refractivity contribution >= 4 is 6.09 Å². The molecule has 0 radical (unpaired) electrons. The average molecular weight is 479 g/mol. The molecule has 2 atom stereocenters. The molecule has 3 fully saturated rings. The van der Waals surface area contributed by atoms with Crippen LogP contribution < -0.4 is 9.47 Å². The second-order valence-corrected chi connectivity index (χ2v) is 11.4. The minimum atomic E-state index is -0.788. The van der Waals surface area contributed by atoms with Gasteiger partial charge in [0.25, 0.3) is 0 Å². The number of piperidine rings is 3. The minimum absolute atomic E-state index is 0.0715. The van der Waals surface area contributed by atoms with Crippen LogP contribution in [0.3, 0.4) is 0 Å². The number of carbonyl (C=O) groups is 1. The van der Waals surface area contributed by atoms with Crippen molar-refractivity contribution < 1.29 is 19.4 Å². The SMILES string of the molecule is COc1cc(-c2ccc3c(c2)CC(C)(C)[C@H]3N(C(=O)O)[C@@H]2CN3CCC2CC3)ccc1OC(C)C. The summed E-state index contributed by atoms with van der Waals surface area (Å²) in [5.74, 6) is 1.92. The maximum absolute atomic E-state index is 12.7. The predicted octanol–water partition coefficient (Wildman–Crippen LogP) is 5.85. The van der Waals surface area contributed by atoms with E-state index in [1.165, 1.54) is 5.56 Å². The van der Waals surface area contributed by atoms with Crippen molar-refractivity contribution in [2.75, 3.05) is 26.7 Å². The van der Waals surface area contributed by atoms with Crippen LogP contribution in [0, 0.1) is 11.3 Å². The monoisotopic (exact) mass is 478 g/mol. The standard InChI is InChI=1S/C29H38N2O4/c1-18(2)35-25-9-7-21(15-26(25)34-5)20-6-8-23-22(14-20)16-29(3,4)27(23)31(28(32)33)24-17-30-12-10-19(24)11-13-30/h6-9,14-15,18-19,24,27H,10-13,16-17H2,1-5H3,(H,32,33)/t24-,27+/m1/s1. The molecule has 35 heavy (non-hydrogen) atoms. The van der Waals surface area contributed by atoms with E-state index in [-0.39, 0.29) is 23.6 Å². The highest BCUT2D eigenvalue weighted by molar-refractivity contribution is 5.71. The molecule has 0 unspecified atom stereocenters. The molecule has 1 amide bonds. The topological polar surface area (TPSA) is 62.2 Å². The lowest BCUT2D eigenvalue weighted by Gasteiger charge is -2.51. The van der Waals surface area contributed by atoms with Gasteiger partial charge in [0.1, 0.15) is 0 Å². The second kappa shape index (κ2) is 9.05. The molecule has 2 bridgehead atoms. The van der Waals surface area contributed by atoms with Gasteiger partial charge in [-0.25, -0.2) is 4.79 Å². The largest absolute Gasteiger partial charge is 0.493 e. The summed E-state index contributed by atoms with van der Waals surface area (Å²) in [4.78, 5) is 17.0. The molecule has 2 aromatic carbocycles. The van der Waals surface area contributed by atoms with Crippen molar-refractivity contribution in [3.63, 3.8) is 0 Å². The Morgan fingerprint density at radius 2 is 1.77 bits per heavy atom. The lowest BCUT2D eigenvalue weighted by molar-refractivity contribution is -0.0267. The first-order valence-corrected chi connectivity index (χ1v) is 12.9. The van der Waals surface area contributed by atoms with Crippen molar-refractivity contribution in [3.8, 4) is 22.6 Å². The quantitative estimate of drug-likeness (QED) is 0.565. The van der Waals surface area contributed by atoms with Gasteiger partial charge in [-0.3, -0.25) is 4.90 Å². The number of carboxylic acid groups (broad SMARTS) is 1. The van der Waals surface area contributed by atoms with Crippen LogP contribution in [0.15, 0.2) is 36.4 Å². The van der Waals surface area contributed by atoms with Gasteiger partial charge >= 0.3 is 6.09 Å². The first kappa shape index (κ1) is 24.0. The van der Waals surface area contributed by atoms with E-state index >= 15 is 0 Å². The zero-order chi connectivity index (χ0) is 24.9. The first-order valence-electron chi connectivity index (χ1n) is 12.9. The van der Waals surface area contributed by atoms with E-state index in [1.807, 2.05) is 30.9 Å². The molecule has 0 spiro atoms. The Morgan fingerprint density at radius 1 is 1.09 bits per heavy atom. The molecular formula is C29H38N2O4. The Morgan fingerprint density at radius 3 is 2.37 bits per heavy atom. The van der Waals surface area contributed by atoms with Gasteiger partial charge in [0.15, 0.2) is 11.5 Å². The number of hydrogen-bond acceptors (Lipinski definition) is 4. The molecule has 0 aromatic heterocycles. The van der Waals surface area contributed by atoms with Crippen LogP contribution in [0.5, 0.6) is 11.5 Å². The van der Waals surface area contributed by atoms with E-state index in [0.717, 1.165) is 61.3 Å². The van der Waals surface area contributed by atoms with E-state index < -0.39 is 6.09 Å². The third-order valence-electron chi connectivity index (χ3n) is 8.16. The number of benzene rings is 2. The molecule has 3 aliphatic heterocycles. The average Bonchev–Trinajstić information content (AvgIpc) is 3.09. The Labute approximate surface area is 208 Å². The van der Waals surface area contributed by atoms with Gasteiger partial charge < -0.3 is 19.5 Å². The van der Waals surface area contributed by atoms with Crippen molar-refractivity contribution in [2.45, 2.75) is 65.1 Å². The number of methoxy groups -OCH3 is 1. The van der Waals surface area contributed by atoms with E-state index in [0.29, 0.717) is 11.7 Å². The number of nitrogens with zero attached hydrogens (tertiary/aromatic N) is 2. The fourth-order valence-corrected chi connectivity index (χ4v) is 6.63. The van der Waals surface area contributed by atoms with Crippen LogP contribution >= 0.6 is 0 Å². The smallest absolute Gasteiger partial charge is 0.408 e. The lowest BCUT2D eigenvalue weighted by Crippen LogP contribution is -2.60. The highest BCUT2D eigenvalue weighted by Gasteiger charge is 2.50. The molecule has 1 N–H and O–H groups in total.